The van der Waals surface area contributed by atoms with Crippen molar-refractivity contribution in [2.24, 2.45) is 0 Å². The number of carbonyl (C=O) groups excluding carboxylic acids is 1. The molecule has 0 atom stereocenters. The Balaban J connectivity index is 2.20. The Bertz CT molecular complexity index is 788. The van der Waals surface area contributed by atoms with Gasteiger partial charge in [0, 0.05) is 5.56 Å². The van der Waals surface area contributed by atoms with Gasteiger partial charge < -0.3 is 9.47 Å². The summed E-state index contributed by atoms with van der Waals surface area (Å²) in [5.74, 6) is -2.72. The van der Waals surface area contributed by atoms with E-state index in [9.17, 15) is 22.4 Å². The van der Waals surface area contributed by atoms with E-state index in [2.05, 4.69) is 4.74 Å². The third-order valence-electron chi connectivity index (χ3n) is 3.11. The predicted molar refractivity (Wildman–Crippen MR) is 84.0 cm³/mol. The number of ketones is 1. The minimum atomic E-state index is -2.99. The first-order valence-corrected chi connectivity index (χ1v) is 7.30. The van der Waals surface area contributed by atoms with Gasteiger partial charge in [0.05, 0.1) is 6.61 Å². The summed E-state index contributed by atoms with van der Waals surface area (Å²) < 4.78 is 60.3. The van der Waals surface area contributed by atoms with Crippen LogP contribution in [0.5, 0.6) is 11.5 Å². The average Bonchev–Trinajstić information content (AvgIpc) is 2.57. The van der Waals surface area contributed by atoms with Crippen LogP contribution in [-0.2, 0) is 0 Å². The van der Waals surface area contributed by atoms with Crippen molar-refractivity contribution < 1.29 is 31.8 Å². The van der Waals surface area contributed by atoms with Crippen molar-refractivity contribution in [2.75, 3.05) is 6.61 Å². The first-order chi connectivity index (χ1) is 11.9. The van der Waals surface area contributed by atoms with Crippen molar-refractivity contribution in [1.82, 2.24) is 0 Å². The summed E-state index contributed by atoms with van der Waals surface area (Å²) in [5.41, 5.74) is 0.471. The Morgan fingerprint density at radius 3 is 2.48 bits per heavy atom. The lowest BCUT2D eigenvalue weighted by atomic mass is 10.1. The topological polar surface area (TPSA) is 35.5 Å². The molecule has 0 saturated carbocycles. The van der Waals surface area contributed by atoms with Crippen LogP contribution in [0.2, 0.25) is 0 Å². The van der Waals surface area contributed by atoms with E-state index in [1.165, 1.54) is 24.3 Å². The van der Waals surface area contributed by atoms with Gasteiger partial charge in [-0.25, -0.2) is 8.78 Å². The quantitative estimate of drug-likeness (QED) is 0.405. The zero-order chi connectivity index (χ0) is 18.4. The smallest absolute Gasteiger partial charge is 0.387 e. The van der Waals surface area contributed by atoms with Gasteiger partial charge in [0.1, 0.15) is 0 Å². The van der Waals surface area contributed by atoms with Crippen molar-refractivity contribution in [3.63, 3.8) is 0 Å². The molecular formula is C18H14F4O3. The SMILES string of the molecule is CCOc1cc(/C=C/C(=O)c2ccc(F)c(F)c2)ccc1OC(F)F. The van der Waals surface area contributed by atoms with E-state index in [4.69, 9.17) is 4.74 Å². The third-order valence-corrected chi connectivity index (χ3v) is 3.11. The predicted octanol–water partition coefficient (Wildman–Crippen LogP) is 4.86. The molecule has 0 N–H and O–H groups in total. The standard InChI is InChI=1S/C18H14F4O3/c1-2-24-17-9-11(4-8-16(17)25-18(21)22)3-7-15(23)12-5-6-13(19)14(20)10-12/h3-10,18H,2H2,1H3/b7-3+. The van der Waals surface area contributed by atoms with Crippen molar-refractivity contribution in [1.29, 1.82) is 0 Å². The number of hydrogen-bond donors (Lipinski definition) is 0. The molecule has 0 bridgehead atoms. The highest BCUT2D eigenvalue weighted by Crippen LogP contribution is 2.30. The van der Waals surface area contributed by atoms with Crippen LogP contribution in [0.1, 0.15) is 22.8 Å². The van der Waals surface area contributed by atoms with Gasteiger partial charge in [-0.1, -0.05) is 12.1 Å². The molecule has 0 fully saturated rings. The minimum Gasteiger partial charge on any atom is -0.490 e. The molecule has 0 heterocycles. The largest absolute Gasteiger partial charge is 0.490 e. The van der Waals surface area contributed by atoms with E-state index in [1.54, 1.807) is 6.92 Å². The molecule has 2 rings (SSSR count). The lowest BCUT2D eigenvalue weighted by Gasteiger charge is -2.11. The summed E-state index contributed by atoms with van der Waals surface area (Å²) in [7, 11) is 0. The van der Waals surface area contributed by atoms with Crippen LogP contribution in [0.3, 0.4) is 0 Å². The van der Waals surface area contributed by atoms with Crippen LogP contribution in [0.4, 0.5) is 17.6 Å². The Morgan fingerprint density at radius 2 is 1.84 bits per heavy atom. The highest BCUT2D eigenvalue weighted by atomic mass is 19.3. The first kappa shape index (κ1) is 18.5. The van der Waals surface area contributed by atoms with E-state index in [0.29, 0.717) is 5.56 Å². The number of benzene rings is 2. The minimum absolute atomic E-state index is 0.0159. The van der Waals surface area contributed by atoms with Gasteiger partial charge in [-0.2, -0.15) is 8.78 Å². The maximum Gasteiger partial charge on any atom is 0.387 e. The molecule has 7 heteroatoms. The molecule has 25 heavy (non-hydrogen) atoms. The lowest BCUT2D eigenvalue weighted by Crippen LogP contribution is -2.04. The molecule has 3 nitrogen and oxygen atoms in total. The summed E-state index contributed by atoms with van der Waals surface area (Å²) >= 11 is 0. The van der Waals surface area contributed by atoms with Crippen molar-refractivity contribution in [3.05, 3.63) is 65.2 Å². The normalized spacial score (nSPS) is 11.1. The molecule has 0 unspecified atom stereocenters. The van der Waals surface area contributed by atoms with Gasteiger partial charge in [0.15, 0.2) is 28.9 Å². The molecule has 0 saturated heterocycles. The Hall–Kier alpha value is -2.83. The van der Waals surface area contributed by atoms with Crippen molar-refractivity contribution in [3.8, 4) is 11.5 Å². The lowest BCUT2D eigenvalue weighted by molar-refractivity contribution is -0.0514. The maximum absolute atomic E-state index is 13.1. The number of carbonyl (C=O) groups is 1. The summed E-state index contributed by atoms with van der Waals surface area (Å²) in [6, 6.07) is 6.99. The Morgan fingerprint density at radius 1 is 1.08 bits per heavy atom. The van der Waals surface area contributed by atoms with Crippen LogP contribution < -0.4 is 9.47 Å². The fourth-order valence-electron chi connectivity index (χ4n) is 2.01. The molecule has 0 aliphatic rings. The average molecular weight is 354 g/mol. The number of rotatable bonds is 7. The molecular weight excluding hydrogens is 340 g/mol. The zero-order valence-electron chi connectivity index (χ0n) is 13.1. The van der Waals surface area contributed by atoms with Crippen LogP contribution >= 0.6 is 0 Å². The van der Waals surface area contributed by atoms with Gasteiger partial charge in [-0.05, 0) is 48.9 Å². The first-order valence-electron chi connectivity index (χ1n) is 7.30. The second-order valence-corrected chi connectivity index (χ2v) is 4.84. The molecule has 132 valence electrons. The van der Waals surface area contributed by atoms with Crippen LogP contribution in [0, 0.1) is 11.6 Å². The molecule has 0 amide bonds. The van der Waals surface area contributed by atoms with Gasteiger partial charge >= 0.3 is 6.61 Å². The van der Waals surface area contributed by atoms with E-state index in [1.807, 2.05) is 0 Å². The number of allylic oxidation sites excluding steroid dienone is 1. The monoisotopic (exact) mass is 354 g/mol. The molecule has 0 aliphatic carbocycles. The number of halogens is 4. The Kier molecular flexibility index (Phi) is 6.16. The zero-order valence-corrected chi connectivity index (χ0v) is 13.1. The van der Waals surface area contributed by atoms with E-state index in [0.717, 1.165) is 24.3 Å². The molecule has 0 aromatic heterocycles. The maximum atomic E-state index is 13.1. The highest BCUT2D eigenvalue weighted by molar-refractivity contribution is 6.06. The van der Waals surface area contributed by atoms with Crippen LogP contribution in [0.25, 0.3) is 6.08 Å². The van der Waals surface area contributed by atoms with Gasteiger partial charge in [-0.3, -0.25) is 4.79 Å². The van der Waals surface area contributed by atoms with Crippen LogP contribution in [0.15, 0.2) is 42.5 Å². The number of hydrogen-bond acceptors (Lipinski definition) is 3. The second kappa shape index (κ2) is 8.32. The van der Waals surface area contributed by atoms with Crippen LogP contribution in [-0.4, -0.2) is 19.0 Å². The molecule has 2 aromatic rings. The molecule has 0 radical (unpaired) electrons. The van der Waals surface area contributed by atoms with E-state index in [-0.39, 0.29) is 23.7 Å². The van der Waals surface area contributed by atoms with Crippen molar-refractivity contribution in [2.45, 2.75) is 13.5 Å². The summed E-state index contributed by atoms with van der Waals surface area (Å²) in [5, 5.41) is 0. The number of alkyl halides is 2. The molecule has 0 aliphatic heterocycles. The van der Waals surface area contributed by atoms with Crippen molar-refractivity contribution >= 4 is 11.9 Å². The molecule has 0 spiro atoms. The second-order valence-electron chi connectivity index (χ2n) is 4.84. The fraction of sp³-hybridized carbons (Fsp3) is 0.167. The fourth-order valence-corrected chi connectivity index (χ4v) is 2.01. The van der Waals surface area contributed by atoms with Gasteiger partial charge in [0.2, 0.25) is 0 Å². The molecule has 2 aromatic carbocycles. The Labute approximate surface area is 141 Å². The van der Waals surface area contributed by atoms with Gasteiger partial charge in [-0.15, -0.1) is 0 Å². The summed E-state index contributed by atoms with van der Waals surface area (Å²) in [4.78, 5) is 12.0. The third kappa shape index (κ3) is 5.07. The summed E-state index contributed by atoms with van der Waals surface area (Å²) in [6.45, 7) is -1.07. The highest BCUT2D eigenvalue weighted by Gasteiger charge is 2.11. The number of ether oxygens (including phenoxy) is 2. The van der Waals surface area contributed by atoms with E-state index >= 15 is 0 Å². The van der Waals surface area contributed by atoms with E-state index < -0.39 is 24.0 Å². The van der Waals surface area contributed by atoms with Gasteiger partial charge in [0.25, 0.3) is 0 Å². The summed E-state index contributed by atoms with van der Waals surface area (Å²) in [6.07, 6.45) is 2.56.